The number of hydrogen-bond donors (Lipinski definition) is 2. The molecule has 0 aromatic heterocycles. The van der Waals surface area contributed by atoms with Crippen molar-refractivity contribution in [3.63, 3.8) is 0 Å². The van der Waals surface area contributed by atoms with Crippen LogP contribution in [0.2, 0.25) is 0 Å². The zero-order valence-electron chi connectivity index (χ0n) is 11.4. The van der Waals surface area contributed by atoms with Crippen molar-refractivity contribution in [1.82, 2.24) is 0 Å². The van der Waals surface area contributed by atoms with Gasteiger partial charge in [-0.2, -0.15) is 0 Å². The maximum atomic E-state index is 12.8. The van der Waals surface area contributed by atoms with Crippen LogP contribution in [0.3, 0.4) is 0 Å². The first-order valence-electron chi connectivity index (χ1n) is 6.69. The Morgan fingerprint density at radius 2 is 1.90 bits per heavy atom. The zero-order valence-corrected chi connectivity index (χ0v) is 12.2. The molecular weight excluding hydrogens is 288 g/mol. The minimum absolute atomic E-state index is 0.0568. The van der Waals surface area contributed by atoms with E-state index < -0.39 is 10.0 Å². The number of fused-ring (bicyclic) bond motifs is 1. The van der Waals surface area contributed by atoms with Crippen LogP contribution in [0.25, 0.3) is 0 Å². The summed E-state index contributed by atoms with van der Waals surface area (Å²) in [5.41, 5.74) is 7.41. The second-order valence-corrected chi connectivity index (χ2v) is 6.89. The number of nitrogen functional groups attached to an aromatic ring is 1. The summed E-state index contributed by atoms with van der Waals surface area (Å²) >= 11 is 0. The number of para-hydroxylation sites is 1. The number of hydrogen-bond acceptors (Lipinski definition) is 4. The van der Waals surface area contributed by atoms with Crippen LogP contribution >= 0.6 is 0 Å². The van der Waals surface area contributed by atoms with Crippen molar-refractivity contribution in [2.24, 2.45) is 0 Å². The van der Waals surface area contributed by atoms with Gasteiger partial charge in [0.1, 0.15) is 5.75 Å². The molecule has 2 aromatic rings. The lowest BCUT2D eigenvalue weighted by atomic mass is 10.0. The number of rotatable bonds is 2. The van der Waals surface area contributed by atoms with Crippen molar-refractivity contribution in [2.75, 3.05) is 16.6 Å². The topological polar surface area (TPSA) is 83.6 Å². The number of nitrogens with zero attached hydrogens (tertiary/aromatic N) is 1. The molecule has 0 fully saturated rings. The van der Waals surface area contributed by atoms with Crippen molar-refractivity contribution in [3.8, 4) is 5.75 Å². The number of phenolic OH excluding ortho intramolecular Hbond substituents is 1. The second-order valence-electron chi connectivity index (χ2n) is 5.03. The van der Waals surface area contributed by atoms with Gasteiger partial charge in [-0.15, -0.1) is 0 Å². The Bertz CT molecular complexity index is 787. The van der Waals surface area contributed by atoms with Crippen molar-refractivity contribution in [1.29, 1.82) is 0 Å². The van der Waals surface area contributed by atoms with Gasteiger partial charge >= 0.3 is 0 Å². The van der Waals surface area contributed by atoms with E-state index >= 15 is 0 Å². The lowest BCUT2D eigenvalue weighted by Crippen LogP contribution is -2.35. The SMILES string of the molecule is Nc1cc(S(=O)(=O)N2CCCc3ccccc32)ccc1O. The smallest absolute Gasteiger partial charge is 0.264 e. The number of aromatic hydroxyl groups is 1. The molecule has 2 aromatic carbocycles. The van der Waals surface area contributed by atoms with Gasteiger partial charge in [0.2, 0.25) is 0 Å². The van der Waals surface area contributed by atoms with Crippen LogP contribution in [-0.2, 0) is 16.4 Å². The molecule has 0 bridgehead atoms. The van der Waals surface area contributed by atoms with E-state index in [2.05, 4.69) is 0 Å². The van der Waals surface area contributed by atoms with Crippen molar-refractivity contribution < 1.29 is 13.5 Å². The predicted molar refractivity (Wildman–Crippen MR) is 81.8 cm³/mol. The largest absolute Gasteiger partial charge is 0.506 e. The van der Waals surface area contributed by atoms with Crippen LogP contribution in [0.5, 0.6) is 5.75 Å². The molecule has 21 heavy (non-hydrogen) atoms. The summed E-state index contributed by atoms with van der Waals surface area (Å²) in [5, 5.41) is 9.44. The van der Waals surface area contributed by atoms with Gasteiger partial charge in [-0.3, -0.25) is 4.31 Å². The molecule has 3 rings (SSSR count). The molecular formula is C15H16N2O3S. The average Bonchev–Trinajstić information content (AvgIpc) is 2.49. The maximum absolute atomic E-state index is 12.8. The summed E-state index contributed by atoms with van der Waals surface area (Å²) in [6.07, 6.45) is 1.66. The first-order valence-corrected chi connectivity index (χ1v) is 8.13. The van der Waals surface area contributed by atoms with E-state index in [1.54, 1.807) is 0 Å². The molecule has 1 heterocycles. The highest BCUT2D eigenvalue weighted by Crippen LogP contribution is 2.33. The predicted octanol–water partition coefficient (Wildman–Crippen LogP) is 2.12. The van der Waals surface area contributed by atoms with Crippen molar-refractivity contribution >= 4 is 21.4 Å². The van der Waals surface area contributed by atoms with Crippen LogP contribution in [-0.4, -0.2) is 20.1 Å². The highest BCUT2D eigenvalue weighted by Gasteiger charge is 2.29. The lowest BCUT2D eigenvalue weighted by molar-refractivity contribution is 0.477. The van der Waals surface area contributed by atoms with Gasteiger partial charge < -0.3 is 10.8 Å². The lowest BCUT2D eigenvalue weighted by Gasteiger charge is -2.30. The van der Waals surface area contributed by atoms with Crippen molar-refractivity contribution in [3.05, 3.63) is 48.0 Å². The van der Waals surface area contributed by atoms with E-state index in [1.807, 2.05) is 24.3 Å². The van der Waals surface area contributed by atoms with Gasteiger partial charge in [-0.1, -0.05) is 18.2 Å². The Morgan fingerprint density at radius 3 is 2.67 bits per heavy atom. The number of anilines is 2. The summed E-state index contributed by atoms with van der Waals surface area (Å²) in [7, 11) is -3.67. The third kappa shape index (κ3) is 2.31. The molecule has 0 spiro atoms. The molecule has 0 atom stereocenters. The molecule has 6 heteroatoms. The average molecular weight is 304 g/mol. The minimum atomic E-state index is -3.67. The summed E-state index contributed by atoms with van der Waals surface area (Å²) in [4.78, 5) is 0.0921. The number of sulfonamides is 1. The van der Waals surface area contributed by atoms with E-state index in [1.165, 1.54) is 22.5 Å². The van der Waals surface area contributed by atoms with Crippen LogP contribution in [0.4, 0.5) is 11.4 Å². The molecule has 110 valence electrons. The van der Waals surface area contributed by atoms with Gasteiger partial charge in [0.15, 0.2) is 0 Å². The number of benzene rings is 2. The van der Waals surface area contributed by atoms with E-state index in [0.717, 1.165) is 24.1 Å². The molecule has 5 nitrogen and oxygen atoms in total. The molecule has 0 saturated heterocycles. The van der Waals surface area contributed by atoms with Crippen LogP contribution in [0.1, 0.15) is 12.0 Å². The number of aryl methyl sites for hydroxylation is 1. The molecule has 0 amide bonds. The summed E-state index contributed by atoms with van der Waals surface area (Å²) in [5.74, 6) is -0.118. The molecule has 0 radical (unpaired) electrons. The fourth-order valence-corrected chi connectivity index (χ4v) is 4.15. The normalized spacial score (nSPS) is 14.8. The third-order valence-corrected chi connectivity index (χ3v) is 5.46. The van der Waals surface area contributed by atoms with Gasteiger partial charge in [-0.25, -0.2) is 8.42 Å². The van der Waals surface area contributed by atoms with Crippen LogP contribution in [0.15, 0.2) is 47.4 Å². The van der Waals surface area contributed by atoms with E-state index in [0.29, 0.717) is 6.54 Å². The van der Waals surface area contributed by atoms with E-state index in [9.17, 15) is 13.5 Å². The monoisotopic (exact) mass is 304 g/mol. The van der Waals surface area contributed by atoms with E-state index in [4.69, 9.17) is 5.73 Å². The Kier molecular flexibility index (Phi) is 3.25. The van der Waals surface area contributed by atoms with Crippen LogP contribution in [0, 0.1) is 0 Å². The maximum Gasteiger partial charge on any atom is 0.264 e. The second kappa shape index (κ2) is 4.96. The quantitative estimate of drug-likeness (QED) is 0.657. The van der Waals surface area contributed by atoms with Crippen molar-refractivity contribution in [2.45, 2.75) is 17.7 Å². The standard InChI is InChI=1S/C15H16N2O3S/c16-13-10-12(7-8-15(13)18)21(19,20)17-9-3-5-11-4-1-2-6-14(11)17/h1-2,4,6-8,10,18H,3,5,9,16H2. The molecule has 1 aliphatic rings. The minimum Gasteiger partial charge on any atom is -0.506 e. The van der Waals surface area contributed by atoms with Crippen LogP contribution < -0.4 is 10.0 Å². The first-order chi connectivity index (χ1) is 10.00. The fraction of sp³-hybridized carbons (Fsp3) is 0.200. The number of nitrogens with two attached hydrogens (primary N) is 1. The summed E-state index contributed by atoms with van der Waals surface area (Å²) in [6, 6.07) is 11.5. The zero-order chi connectivity index (χ0) is 15.0. The van der Waals surface area contributed by atoms with Gasteiger partial charge in [0.05, 0.1) is 16.3 Å². The molecule has 3 N–H and O–H groups in total. The van der Waals surface area contributed by atoms with Gasteiger partial charge in [-0.05, 0) is 42.7 Å². The van der Waals surface area contributed by atoms with Gasteiger partial charge in [0, 0.05) is 6.54 Å². The molecule has 0 unspecified atom stereocenters. The Balaban J connectivity index is 2.09. The summed E-state index contributed by atoms with van der Waals surface area (Å²) in [6.45, 7) is 0.445. The Morgan fingerprint density at radius 1 is 1.14 bits per heavy atom. The summed E-state index contributed by atoms with van der Waals surface area (Å²) < 4.78 is 27.0. The third-order valence-electron chi connectivity index (χ3n) is 3.65. The first kappa shape index (κ1) is 13.8. The molecule has 0 aliphatic carbocycles. The molecule has 1 aliphatic heterocycles. The number of phenols is 1. The Labute approximate surface area is 123 Å². The van der Waals surface area contributed by atoms with Gasteiger partial charge in [0.25, 0.3) is 10.0 Å². The highest BCUT2D eigenvalue weighted by molar-refractivity contribution is 7.92. The highest BCUT2D eigenvalue weighted by atomic mass is 32.2. The Hall–Kier alpha value is -2.21. The molecule has 0 saturated carbocycles. The van der Waals surface area contributed by atoms with E-state index in [-0.39, 0.29) is 16.3 Å². The fourth-order valence-electron chi connectivity index (χ4n) is 2.57.